The number of nitrogens with zero attached hydrogens (tertiary/aromatic N) is 1. The number of halogens is 1. The molecule has 1 aromatic carbocycles. The molecule has 2 rings (SSSR count). The lowest BCUT2D eigenvalue weighted by atomic mass is 10.1. The molecular formula is C11H14ClN3O. The summed E-state index contributed by atoms with van der Waals surface area (Å²) in [6, 6.07) is 3.49. The van der Waals surface area contributed by atoms with Gasteiger partial charge in [-0.2, -0.15) is 0 Å². The van der Waals surface area contributed by atoms with Crippen molar-refractivity contribution in [3.8, 4) is 0 Å². The molecule has 0 radical (unpaired) electrons. The summed E-state index contributed by atoms with van der Waals surface area (Å²) in [4.78, 5) is 7.60. The first kappa shape index (κ1) is 11.2. The minimum atomic E-state index is -0.474. The number of anilines is 1. The first-order valence-corrected chi connectivity index (χ1v) is 5.32. The summed E-state index contributed by atoms with van der Waals surface area (Å²) in [5, 5.41) is 0.593. The average molecular weight is 240 g/mol. The highest BCUT2D eigenvalue weighted by molar-refractivity contribution is 6.31. The van der Waals surface area contributed by atoms with E-state index in [4.69, 9.17) is 22.1 Å². The molecule has 0 aliphatic heterocycles. The Morgan fingerprint density at radius 1 is 1.44 bits per heavy atom. The van der Waals surface area contributed by atoms with E-state index in [9.17, 15) is 0 Å². The molecule has 0 fully saturated rings. The molecule has 0 saturated carbocycles. The first-order chi connectivity index (χ1) is 7.44. The summed E-state index contributed by atoms with van der Waals surface area (Å²) in [5.74, 6) is 0.735. The molecule has 0 aliphatic rings. The lowest BCUT2D eigenvalue weighted by molar-refractivity contribution is 0.0124. The summed E-state index contributed by atoms with van der Waals surface area (Å²) >= 11 is 5.92. The Bertz CT molecular complexity index is 533. The average Bonchev–Trinajstić information content (AvgIpc) is 2.62. The summed E-state index contributed by atoms with van der Waals surface area (Å²) in [7, 11) is 1.64. The molecule has 0 unspecified atom stereocenters. The summed E-state index contributed by atoms with van der Waals surface area (Å²) in [6.07, 6.45) is 0. The van der Waals surface area contributed by atoms with Crippen molar-refractivity contribution in [2.75, 3.05) is 12.8 Å². The maximum absolute atomic E-state index is 5.92. The van der Waals surface area contributed by atoms with Crippen LogP contribution in [0.2, 0.25) is 5.02 Å². The van der Waals surface area contributed by atoms with Gasteiger partial charge in [-0.3, -0.25) is 0 Å². The molecular weight excluding hydrogens is 226 g/mol. The van der Waals surface area contributed by atoms with Crippen LogP contribution in [0.3, 0.4) is 0 Å². The van der Waals surface area contributed by atoms with Gasteiger partial charge in [0, 0.05) is 12.1 Å². The molecule has 0 aliphatic carbocycles. The van der Waals surface area contributed by atoms with Crippen LogP contribution in [-0.4, -0.2) is 17.1 Å². The van der Waals surface area contributed by atoms with Gasteiger partial charge >= 0.3 is 0 Å². The number of aromatic nitrogens is 2. The Hall–Kier alpha value is -1.26. The highest BCUT2D eigenvalue weighted by Crippen LogP contribution is 2.28. The maximum Gasteiger partial charge on any atom is 0.139 e. The number of fused-ring (bicyclic) bond motifs is 1. The zero-order valence-corrected chi connectivity index (χ0v) is 10.2. The molecule has 86 valence electrons. The number of rotatable bonds is 2. The Kier molecular flexibility index (Phi) is 2.56. The van der Waals surface area contributed by atoms with E-state index in [-0.39, 0.29) is 0 Å². The van der Waals surface area contributed by atoms with Gasteiger partial charge in [-0.1, -0.05) is 11.6 Å². The van der Waals surface area contributed by atoms with E-state index in [1.807, 2.05) is 13.8 Å². The molecule has 2 aromatic rings. The van der Waals surface area contributed by atoms with Crippen molar-refractivity contribution in [2.45, 2.75) is 19.4 Å². The van der Waals surface area contributed by atoms with E-state index in [0.717, 1.165) is 16.9 Å². The number of ether oxygens (including phenoxy) is 1. The van der Waals surface area contributed by atoms with Gasteiger partial charge in [-0.05, 0) is 26.0 Å². The lowest BCUT2D eigenvalue weighted by Crippen LogP contribution is -2.21. The SMILES string of the molecule is COC(C)(C)c1nc2c(N)cc(Cl)cc2[nH]1. The number of nitrogens with one attached hydrogen (secondary N) is 1. The molecule has 5 heteroatoms. The van der Waals surface area contributed by atoms with Crippen molar-refractivity contribution < 1.29 is 4.74 Å². The number of imidazole rings is 1. The van der Waals surface area contributed by atoms with E-state index in [1.54, 1.807) is 19.2 Å². The van der Waals surface area contributed by atoms with Gasteiger partial charge in [0.15, 0.2) is 0 Å². The fourth-order valence-electron chi connectivity index (χ4n) is 1.49. The van der Waals surface area contributed by atoms with Crippen molar-refractivity contribution >= 4 is 28.3 Å². The van der Waals surface area contributed by atoms with E-state index >= 15 is 0 Å². The predicted molar refractivity (Wildman–Crippen MR) is 65.6 cm³/mol. The van der Waals surface area contributed by atoms with Crippen molar-refractivity contribution in [1.29, 1.82) is 0 Å². The summed E-state index contributed by atoms with van der Waals surface area (Å²) < 4.78 is 5.36. The zero-order chi connectivity index (χ0) is 11.9. The topological polar surface area (TPSA) is 63.9 Å². The minimum Gasteiger partial charge on any atom is -0.397 e. The van der Waals surface area contributed by atoms with E-state index in [1.165, 1.54) is 0 Å². The van der Waals surface area contributed by atoms with E-state index in [2.05, 4.69) is 9.97 Å². The molecule has 0 saturated heterocycles. The molecule has 1 aromatic heterocycles. The van der Waals surface area contributed by atoms with Crippen LogP contribution >= 0.6 is 11.6 Å². The Morgan fingerprint density at radius 3 is 2.75 bits per heavy atom. The third-order valence-corrected chi connectivity index (χ3v) is 2.88. The quantitative estimate of drug-likeness (QED) is 0.792. The van der Waals surface area contributed by atoms with Crippen LogP contribution in [0.5, 0.6) is 0 Å². The third-order valence-electron chi connectivity index (χ3n) is 2.66. The number of nitrogen functional groups attached to an aromatic ring is 1. The standard InChI is InChI=1S/C11H14ClN3O/c1-11(2,16-3)10-14-8-5-6(12)4-7(13)9(8)15-10/h4-5H,13H2,1-3H3,(H,14,15). The van der Waals surface area contributed by atoms with E-state index in [0.29, 0.717) is 10.7 Å². The number of benzene rings is 1. The minimum absolute atomic E-state index is 0.474. The second-order valence-corrected chi connectivity index (χ2v) is 4.63. The second-order valence-electron chi connectivity index (χ2n) is 4.19. The monoisotopic (exact) mass is 239 g/mol. The van der Waals surface area contributed by atoms with Crippen LogP contribution in [0.15, 0.2) is 12.1 Å². The number of H-pyrrole nitrogens is 1. The van der Waals surface area contributed by atoms with Crippen LogP contribution in [0, 0.1) is 0 Å². The molecule has 4 nitrogen and oxygen atoms in total. The normalized spacial score (nSPS) is 12.2. The van der Waals surface area contributed by atoms with Gasteiger partial charge in [0.05, 0.1) is 11.2 Å². The van der Waals surface area contributed by atoms with Gasteiger partial charge < -0.3 is 15.5 Å². The largest absolute Gasteiger partial charge is 0.397 e. The Balaban J connectivity index is 2.65. The molecule has 3 N–H and O–H groups in total. The fraction of sp³-hybridized carbons (Fsp3) is 0.364. The number of methoxy groups -OCH3 is 1. The van der Waals surface area contributed by atoms with Crippen LogP contribution in [-0.2, 0) is 10.3 Å². The lowest BCUT2D eigenvalue weighted by Gasteiger charge is -2.19. The van der Waals surface area contributed by atoms with E-state index < -0.39 is 5.60 Å². The number of nitrogens with two attached hydrogens (primary N) is 1. The van der Waals surface area contributed by atoms with Crippen LogP contribution in [0.25, 0.3) is 11.0 Å². The molecule has 16 heavy (non-hydrogen) atoms. The van der Waals surface area contributed by atoms with Crippen LogP contribution in [0.4, 0.5) is 5.69 Å². The van der Waals surface area contributed by atoms with Crippen LogP contribution in [0.1, 0.15) is 19.7 Å². The summed E-state index contributed by atoms with van der Waals surface area (Å²) in [6.45, 7) is 3.87. The van der Waals surface area contributed by atoms with Crippen molar-refractivity contribution in [2.24, 2.45) is 0 Å². The molecule has 1 heterocycles. The Labute approximate surface area is 98.8 Å². The van der Waals surface area contributed by atoms with Gasteiger partial charge in [-0.15, -0.1) is 0 Å². The van der Waals surface area contributed by atoms with Gasteiger partial charge in [-0.25, -0.2) is 4.98 Å². The molecule has 0 amide bonds. The number of hydrogen-bond acceptors (Lipinski definition) is 3. The highest BCUT2D eigenvalue weighted by atomic mass is 35.5. The maximum atomic E-state index is 5.92. The predicted octanol–water partition coefficient (Wildman–Crippen LogP) is 2.68. The van der Waals surface area contributed by atoms with Gasteiger partial charge in [0.2, 0.25) is 0 Å². The molecule has 0 atom stereocenters. The van der Waals surface area contributed by atoms with Crippen LogP contribution < -0.4 is 5.73 Å². The highest BCUT2D eigenvalue weighted by Gasteiger charge is 2.24. The van der Waals surface area contributed by atoms with Crippen molar-refractivity contribution in [3.63, 3.8) is 0 Å². The fourth-order valence-corrected chi connectivity index (χ4v) is 1.72. The Morgan fingerprint density at radius 2 is 2.12 bits per heavy atom. The van der Waals surface area contributed by atoms with Gasteiger partial charge in [0.25, 0.3) is 0 Å². The smallest absolute Gasteiger partial charge is 0.139 e. The van der Waals surface area contributed by atoms with Crippen molar-refractivity contribution in [1.82, 2.24) is 9.97 Å². The third kappa shape index (κ3) is 1.74. The molecule has 0 bridgehead atoms. The second kappa shape index (κ2) is 3.64. The molecule has 0 spiro atoms. The number of hydrogen-bond donors (Lipinski definition) is 2. The number of aromatic amines is 1. The first-order valence-electron chi connectivity index (χ1n) is 4.94. The zero-order valence-electron chi connectivity index (χ0n) is 9.47. The summed E-state index contributed by atoms with van der Waals surface area (Å²) in [5.41, 5.74) is 7.49. The van der Waals surface area contributed by atoms with Crippen molar-refractivity contribution in [3.05, 3.63) is 23.0 Å². The van der Waals surface area contributed by atoms with Gasteiger partial charge in [0.1, 0.15) is 16.9 Å².